The minimum absolute atomic E-state index is 0.157. The van der Waals surface area contributed by atoms with E-state index in [1.807, 2.05) is 18.2 Å². The number of ether oxygens (including phenoxy) is 4. The minimum Gasteiger partial charge on any atom is -0.493 e. The van der Waals surface area contributed by atoms with Crippen LogP contribution >= 0.6 is 22.6 Å². The van der Waals surface area contributed by atoms with Crippen LogP contribution in [0.4, 0.5) is 0 Å². The van der Waals surface area contributed by atoms with E-state index in [1.54, 1.807) is 26.4 Å². The van der Waals surface area contributed by atoms with Crippen molar-refractivity contribution >= 4 is 28.5 Å². The first kappa shape index (κ1) is 20.6. The molecule has 6 nitrogen and oxygen atoms in total. The molecule has 0 saturated heterocycles. The van der Waals surface area contributed by atoms with Crippen LogP contribution < -0.4 is 24.3 Å². The van der Waals surface area contributed by atoms with Gasteiger partial charge in [0.2, 0.25) is 0 Å². The minimum atomic E-state index is -0.284. The molecule has 2 aromatic carbocycles. The van der Waals surface area contributed by atoms with Crippen LogP contribution in [-0.4, -0.2) is 39.9 Å². The van der Waals surface area contributed by atoms with E-state index in [-0.39, 0.29) is 11.3 Å². The second-order valence-corrected chi connectivity index (χ2v) is 8.27. The number of hydrogen-bond donors (Lipinski definition) is 1. The van der Waals surface area contributed by atoms with Crippen LogP contribution in [0.15, 0.2) is 30.3 Å². The number of rotatable bonds is 6. The third-order valence-corrected chi connectivity index (χ3v) is 5.62. The Morgan fingerprint density at radius 3 is 2.39 bits per heavy atom. The number of carbonyl (C=O) groups is 1. The van der Waals surface area contributed by atoms with Crippen molar-refractivity contribution in [1.29, 1.82) is 0 Å². The Morgan fingerprint density at radius 1 is 1.07 bits per heavy atom. The molecule has 1 N–H and O–H groups in total. The van der Waals surface area contributed by atoms with Gasteiger partial charge in [-0.1, -0.05) is 19.9 Å². The van der Waals surface area contributed by atoms with Crippen LogP contribution in [0.2, 0.25) is 0 Å². The van der Waals surface area contributed by atoms with Crippen molar-refractivity contribution in [2.75, 3.05) is 34.0 Å². The summed E-state index contributed by atoms with van der Waals surface area (Å²) in [5.74, 6) is 2.47. The zero-order chi connectivity index (χ0) is 20.3. The molecule has 0 bridgehead atoms. The van der Waals surface area contributed by atoms with E-state index in [2.05, 4.69) is 41.8 Å². The summed E-state index contributed by atoms with van der Waals surface area (Å²) in [7, 11) is 3.13. The maximum atomic E-state index is 12.8. The van der Waals surface area contributed by atoms with Crippen LogP contribution in [0.25, 0.3) is 0 Å². The zero-order valence-corrected chi connectivity index (χ0v) is 18.6. The monoisotopic (exact) mass is 497 g/mol. The second kappa shape index (κ2) is 8.46. The predicted molar refractivity (Wildman–Crippen MR) is 115 cm³/mol. The van der Waals surface area contributed by atoms with Crippen LogP contribution in [0.5, 0.6) is 23.0 Å². The third kappa shape index (κ3) is 4.29. The van der Waals surface area contributed by atoms with Crippen LogP contribution in [0, 0.1) is 3.57 Å². The van der Waals surface area contributed by atoms with E-state index in [1.165, 1.54) is 0 Å². The maximum Gasteiger partial charge on any atom is 0.252 e. The molecule has 0 unspecified atom stereocenters. The van der Waals surface area contributed by atoms with Crippen molar-refractivity contribution in [1.82, 2.24) is 5.32 Å². The van der Waals surface area contributed by atoms with Gasteiger partial charge in [0.15, 0.2) is 23.0 Å². The van der Waals surface area contributed by atoms with Crippen molar-refractivity contribution in [3.05, 3.63) is 45.0 Å². The molecule has 0 aromatic heterocycles. The van der Waals surface area contributed by atoms with Gasteiger partial charge in [0, 0.05) is 15.5 Å². The summed E-state index contributed by atoms with van der Waals surface area (Å²) < 4.78 is 22.7. The highest BCUT2D eigenvalue weighted by Crippen LogP contribution is 2.35. The van der Waals surface area contributed by atoms with Gasteiger partial charge < -0.3 is 24.3 Å². The number of amides is 1. The van der Waals surface area contributed by atoms with E-state index >= 15 is 0 Å². The number of benzene rings is 2. The van der Waals surface area contributed by atoms with Crippen molar-refractivity contribution in [2.24, 2.45) is 0 Å². The molecule has 1 aliphatic rings. The smallest absolute Gasteiger partial charge is 0.252 e. The van der Waals surface area contributed by atoms with Crippen LogP contribution in [-0.2, 0) is 5.41 Å². The van der Waals surface area contributed by atoms with Gasteiger partial charge in [-0.05, 0) is 52.4 Å². The molecule has 0 saturated carbocycles. The molecule has 0 aliphatic carbocycles. The van der Waals surface area contributed by atoms with E-state index in [0.29, 0.717) is 36.8 Å². The fourth-order valence-electron chi connectivity index (χ4n) is 2.99. The van der Waals surface area contributed by atoms with Crippen LogP contribution in [0.1, 0.15) is 29.8 Å². The normalized spacial score (nSPS) is 13.0. The first-order chi connectivity index (χ1) is 13.4. The van der Waals surface area contributed by atoms with Gasteiger partial charge in [0.1, 0.15) is 13.2 Å². The summed E-state index contributed by atoms with van der Waals surface area (Å²) in [6.45, 7) is 5.74. The maximum absolute atomic E-state index is 12.8. The molecule has 7 heteroatoms. The Hall–Kier alpha value is -2.16. The molecule has 3 rings (SSSR count). The average molecular weight is 497 g/mol. The molecule has 0 spiro atoms. The topological polar surface area (TPSA) is 66.0 Å². The number of methoxy groups -OCH3 is 2. The second-order valence-electron chi connectivity index (χ2n) is 7.11. The lowest BCUT2D eigenvalue weighted by Crippen LogP contribution is -2.37. The molecule has 1 heterocycles. The Balaban J connectivity index is 1.75. The van der Waals surface area contributed by atoms with Gasteiger partial charge in [0.25, 0.3) is 5.91 Å². The largest absolute Gasteiger partial charge is 0.493 e. The van der Waals surface area contributed by atoms with Gasteiger partial charge in [-0.2, -0.15) is 0 Å². The van der Waals surface area contributed by atoms with Crippen molar-refractivity contribution in [3.8, 4) is 23.0 Å². The molecular formula is C21H24INO5. The van der Waals surface area contributed by atoms with Crippen LogP contribution in [0.3, 0.4) is 0 Å². The van der Waals surface area contributed by atoms with Gasteiger partial charge >= 0.3 is 0 Å². The van der Waals surface area contributed by atoms with Gasteiger partial charge in [-0.15, -0.1) is 0 Å². The highest BCUT2D eigenvalue weighted by Gasteiger charge is 2.25. The number of fused-ring (bicyclic) bond motifs is 1. The molecule has 150 valence electrons. The number of carbonyl (C=O) groups excluding carboxylic acids is 1. The summed E-state index contributed by atoms with van der Waals surface area (Å²) in [5, 5.41) is 3.04. The highest BCUT2D eigenvalue weighted by molar-refractivity contribution is 14.1. The number of halogens is 1. The van der Waals surface area contributed by atoms with Crippen molar-refractivity contribution < 1.29 is 23.7 Å². The van der Waals surface area contributed by atoms with Crippen molar-refractivity contribution in [2.45, 2.75) is 19.3 Å². The summed E-state index contributed by atoms with van der Waals surface area (Å²) in [5.41, 5.74) is 1.34. The van der Waals surface area contributed by atoms with Crippen molar-refractivity contribution in [3.63, 3.8) is 0 Å². The summed E-state index contributed by atoms with van der Waals surface area (Å²) in [6.07, 6.45) is 0. The predicted octanol–water partition coefficient (Wildman–Crippen LogP) is 3.79. The Kier molecular flexibility index (Phi) is 6.22. The average Bonchev–Trinajstić information content (AvgIpc) is 2.71. The van der Waals surface area contributed by atoms with E-state index in [4.69, 9.17) is 18.9 Å². The van der Waals surface area contributed by atoms with Gasteiger partial charge in [-0.25, -0.2) is 0 Å². The SMILES string of the molecule is COc1cc(I)c(C(=O)NCC(C)(C)c2ccc3c(c2)OCCO3)cc1OC. The first-order valence-corrected chi connectivity index (χ1v) is 10.0. The number of nitrogens with one attached hydrogen (secondary N) is 1. The van der Waals surface area contributed by atoms with E-state index < -0.39 is 0 Å². The Labute approximate surface area is 178 Å². The fourth-order valence-corrected chi connectivity index (χ4v) is 3.67. The molecule has 0 atom stereocenters. The molecule has 1 aliphatic heterocycles. The summed E-state index contributed by atoms with van der Waals surface area (Å²) in [4.78, 5) is 12.8. The quantitative estimate of drug-likeness (QED) is 0.616. The molecule has 0 fully saturated rings. The molecule has 1 amide bonds. The molecule has 0 radical (unpaired) electrons. The van der Waals surface area contributed by atoms with Gasteiger partial charge in [-0.3, -0.25) is 4.79 Å². The molecule has 2 aromatic rings. The lowest BCUT2D eigenvalue weighted by molar-refractivity contribution is 0.0944. The lowest BCUT2D eigenvalue weighted by Gasteiger charge is -2.28. The van der Waals surface area contributed by atoms with E-state index in [0.717, 1.165) is 20.6 Å². The Bertz CT molecular complexity index is 881. The van der Waals surface area contributed by atoms with E-state index in [9.17, 15) is 4.79 Å². The third-order valence-electron chi connectivity index (χ3n) is 4.73. The highest BCUT2D eigenvalue weighted by atomic mass is 127. The zero-order valence-electron chi connectivity index (χ0n) is 16.4. The fraction of sp³-hybridized carbons (Fsp3) is 0.381. The van der Waals surface area contributed by atoms with Gasteiger partial charge in [0.05, 0.1) is 19.8 Å². The Morgan fingerprint density at radius 2 is 1.71 bits per heavy atom. The number of hydrogen-bond acceptors (Lipinski definition) is 5. The molecular weight excluding hydrogens is 473 g/mol. The first-order valence-electron chi connectivity index (χ1n) is 8.95. The summed E-state index contributed by atoms with van der Waals surface area (Å²) in [6, 6.07) is 9.42. The molecule has 28 heavy (non-hydrogen) atoms. The standard InChI is InChI=1S/C21H24INO5/c1-21(2,13-5-6-16-19(9-13)28-8-7-27-16)12-23-20(24)14-10-17(25-3)18(26-4)11-15(14)22/h5-6,9-11H,7-8,12H2,1-4H3,(H,23,24). The lowest BCUT2D eigenvalue weighted by atomic mass is 9.84. The summed E-state index contributed by atoms with van der Waals surface area (Å²) >= 11 is 2.13.